The Bertz CT molecular complexity index is 847. The molecular formula is C22H30ClN3O2. The van der Waals surface area contributed by atoms with Crippen LogP contribution >= 0.6 is 11.6 Å². The SMILES string of the molecule is CC(C)C1CCC(N2CCC(n3c(O)c(N=O)c4cc(Cl)ccc43)CC2)CC1. The monoisotopic (exact) mass is 403 g/mol. The summed E-state index contributed by atoms with van der Waals surface area (Å²) in [6.45, 7) is 6.77. The van der Waals surface area contributed by atoms with Crippen LogP contribution in [0, 0.1) is 16.7 Å². The summed E-state index contributed by atoms with van der Waals surface area (Å²) in [5.74, 6) is 1.66. The quantitative estimate of drug-likeness (QED) is 0.613. The highest BCUT2D eigenvalue weighted by Gasteiger charge is 2.32. The van der Waals surface area contributed by atoms with Crippen LogP contribution in [0.5, 0.6) is 5.88 Å². The highest BCUT2D eigenvalue weighted by Crippen LogP contribution is 2.44. The van der Waals surface area contributed by atoms with E-state index in [1.165, 1.54) is 25.7 Å². The van der Waals surface area contributed by atoms with Gasteiger partial charge in [-0.2, -0.15) is 0 Å². The Kier molecular flexibility index (Phi) is 5.66. The lowest BCUT2D eigenvalue weighted by Crippen LogP contribution is -2.43. The normalized spacial score (nSPS) is 24.9. The van der Waals surface area contributed by atoms with Crippen LogP contribution < -0.4 is 0 Å². The van der Waals surface area contributed by atoms with Crippen molar-refractivity contribution in [1.29, 1.82) is 0 Å². The number of aromatic hydroxyl groups is 1. The molecule has 1 aromatic carbocycles. The summed E-state index contributed by atoms with van der Waals surface area (Å²) in [6, 6.07) is 6.29. The minimum atomic E-state index is -0.0249. The van der Waals surface area contributed by atoms with Crippen molar-refractivity contribution in [2.45, 2.75) is 64.5 Å². The zero-order chi connectivity index (χ0) is 19.8. The zero-order valence-electron chi connectivity index (χ0n) is 16.8. The summed E-state index contributed by atoms with van der Waals surface area (Å²) in [5, 5.41) is 14.9. The van der Waals surface area contributed by atoms with E-state index >= 15 is 0 Å². The number of hydrogen-bond acceptors (Lipinski definition) is 4. The number of likely N-dealkylation sites (tertiary alicyclic amines) is 1. The Morgan fingerprint density at radius 1 is 1.07 bits per heavy atom. The first-order valence-electron chi connectivity index (χ1n) is 10.6. The van der Waals surface area contributed by atoms with Gasteiger partial charge in [-0.25, -0.2) is 0 Å². The molecule has 5 nitrogen and oxygen atoms in total. The number of piperidine rings is 1. The van der Waals surface area contributed by atoms with Gasteiger partial charge in [-0.3, -0.25) is 0 Å². The molecule has 0 atom stereocenters. The molecule has 1 aliphatic heterocycles. The van der Waals surface area contributed by atoms with Gasteiger partial charge in [0.25, 0.3) is 0 Å². The van der Waals surface area contributed by atoms with Gasteiger partial charge >= 0.3 is 0 Å². The summed E-state index contributed by atoms with van der Waals surface area (Å²) >= 11 is 6.09. The molecule has 2 fully saturated rings. The van der Waals surface area contributed by atoms with Gasteiger partial charge in [0.15, 0.2) is 5.69 Å². The standard InChI is InChI=1S/C22H30ClN3O2/c1-14(2)15-3-6-17(7-4-15)25-11-9-18(10-12-25)26-20-8-5-16(23)13-19(20)21(24-28)22(26)27/h5,8,13-15,17-18,27H,3-4,6-7,9-12H2,1-2H3. The van der Waals surface area contributed by atoms with Crippen molar-refractivity contribution in [2.24, 2.45) is 17.0 Å². The summed E-state index contributed by atoms with van der Waals surface area (Å²) in [5.41, 5.74) is 0.944. The molecule has 28 heavy (non-hydrogen) atoms. The molecule has 0 spiro atoms. The van der Waals surface area contributed by atoms with Crippen molar-refractivity contribution in [2.75, 3.05) is 13.1 Å². The van der Waals surface area contributed by atoms with E-state index in [-0.39, 0.29) is 17.6 Å². The number of benzene rings is 1. The van der Waals surface area contributed by atoms with Crippen molar-refractivity contribution in [1.82, 2.24) is 9.47 Å². The first-order valence-corrected chi connectivity index (χ1v) is 11.0. The molecule has 1 aromatic heterocycles. The van der Waals surface area contributed by atoms with Gasteiger partial charge in [0.1, 0.15) is 0 Å². The molecule has 4 rings (SSSR count). The van der Waals surface area contributed by atoms with Crippen LogP contribution in [-0.4, -0.2) is 33.7 Å². The molecule has 1 N–H and O–H groups in total. The molecule has 1 saturated heterocycles. The van der Waals surface area contributed by atoms with Crippen LogP contribution in [0.4, 0.5) is 5.69 Å². The molecule has 1 saturated carbocycles. The lowest BCUT2D eigenvalue weighted by atomic mass is 9.79. The van der Waals surface area contributed by atoms with Gasteiger partial charge in [-0.1, -0.05) is 25.4 Å². The number of nitroso groups, excluding NO2 is 1. The van der Waals surface area contributed by atoms with Crippen LogP contribution in [0.25, 0.3) is 10.9 Å². The van der Waals surface area contributed by atoms with Crippen LogP contribution in [0.15, 0.2) is 23.4 Å². The van der Waals surface area contributed by atoms with Gasteiger partial charge in [0, 0.05) is 35.6 Å². The average molecular weight is 404 g/mol. The average Bonchev–Trinajstić information content (AvgIpc) is 2.98. The van der Waals surface area contributed by atoms with E-state index in [2.05, 4.69) is 23.9 Å². The van der Waals surface area contributed by atoms with E-state index < -0.39 is 0 Å². The maximum atomic E-state index is 11.3. The van der Waals surface area contributed by atoms with Gasteiger partial charge in [0.05, 0.1) is 5.52 Å². The summed E-state index contributed by atoms with van der Waals surface area (Å²) < 4.78 is 1.90. The predicted octanol–water partition coefficient (Wildman–Crippen LogP) is 6.25. The smallest absolute Gasteiger partial charge is 0.222 e. The third-order valence-corrected chi connectivity index (χ3v) is 7.30. The fourth-order valence-electron chi connectivity index (χ4n) is 5.36. The summed E-state index contributed by atoms with van der Waals surface area (Å²) in [7, 11) is 0. The second kappa shape index (κ2) is 8.03. The first kappa shape index (κ1) is 19.7. The Morgan fingerprint density at radius 3 is 2.36 bits per heavy atom. The van der Waals surface area contributed by atoms with E-state index in [1.807, 2.05) is 10.6 Å². The largest absolute Gasteiger partial charge is 0.493 e. The lowest BCUT2D eigenvalue weighted by molar-refractivity contribution is 0.0881. The first-order chi connectivity index (χ1) is 13.5. The van der Waals surface area contributed by atoms with E-state index in [9.17, 15) is 10.0 Å². The van der Waals surface area contributed by atoms with Crippen LogP contribution in [-0.2, 0) is 0 Å². The van der Waals surface area contributed by atoms with Crippen LogP contribution in [0.2, 0.25) is 5.02 Å². The number of aromatic nitrogens is 1. The van der Waals surface area contributed by atoms with Gasteiger partial charge in [-0.05, 0) is 73.7 Å². The summed E-state index contributed by atoms with van der Waals surface area (Å²) in [4.78, 5) is 14.0. The molecule has 0 bridgehead atoms. The topological polar surface area (TPSA) is 57.8 Å². The van der Waals surface area contributed by atoms with Crippen molar-refractivity contribution >= 4 is 28.2 Å². The maximum absolute atomic E-state index is 11.3. The third kappa shape index (κ3) is 3.55. The number of hydrogen-bond donors (Lipinski definition) is 1. The maximum Gasteiger partial charge on any atom is 0.222 e. The molecule has 0 amide bonds. The number of rotatable bonds is 4. The van der Waals surface area contributed by atoms with Gasteiger partial charge in [-0.15, -0.1) is 4.91 Å². The molecular weight excluding hydrogens is 374 g/mol. The third-order valence-electron chi connectivity index (χ3n) is 7.07. The van der Waals surface area contributed by atoms with Gasteiger partial charge in [0.2, 0.25) is 5.88 Å². The van der Waals surface area contributed by atoms with Crippen LogP contribution in [0.1, 0.15) is 58.4 Å². The Labute approximate surface area is 171 Å². The molecule has 0 unspecified atom stereocenters. The number of fused-ring (bicyclic) bond motifs is 1. The fraction of sp³-hybridized carbons (Fsp3) is 0.636. The van der Waals surface area contributed by atoms with Crippen LogP contribution in [0.3, 0.4) is 0 Å². The zero-order valence-corrected chi connectivity index (χ0v) is 17.5. The predicted molar refractivity (Wildman–Crippen MR) is 114 cm³/mol. The summed E-state index contributed by atoms with van der Waals surface area (Å²) in [6.07, 6.45) is 7.26. The second-order valence-electron chi connectivity index (χ2n) is 8.87. The minimum absolute atomic E-state index is 0.0249. The molecule has 2 heterocycles. The molecule has 2 aromatic rings. The Morgan fingerprint density at radius 2 is 1.75 bits per heavy atom. The molecule has 6 heteroatoms. The van der Waals surface area contributed by atoms with E-state index in [0.717, 1.165) is 43.3 Å². The van der Waals surface area contributed by atoms with E-state index in [0.29, 0.717) is 16.5 Å². The van der Waals surface area contributed by atoms with Crippen molar-refractivity contribution in [3.8, 4) is 5.88 Å². The second-order valence-corrected chi connectivity index (χ2v) is 9.31. The minimum Gasteiger partial charge on any atom is -0.493 e. The highest BCUT2D eigenvalue weighted by molar-refractivity contribution is 6.31. The molecule has 1 aliphatic carbocycles. The highest BCUT2D eigenvalue weighted by atomic mass is 35.5. The van der Waals surface area contributed by atoms with Crippen molar-refractivity contribution in [3.05, 3.63) is 28.1 Å². The Hall–Kier alpha value is -1.59. The molecule has 152 valence electrons. The van der Waals surface area contributed by atoms with Crippen molar-refractivity contribution < 1.29 is 5.11 Å². The fourth-order valence-corrected chi connectivity index (χ4v) is 5.53. The Balaban J connectivity index is 1.47. The van der Waals surface area contributed by atoms with E-state index in [4.69, 9.17) is 11.6 Å². The molecule has 2 aliphatic rings. The molecule has 0 radical (unpaired) electrons. The van der Waals surface area contributed by atoms with Crippen molar-refractivity contribution in [3.63, 3.8) is 0 Å². The van der Waals surface area contributed by atoms with E-state index in [1.54, 1.807) is 12.1 Å². The number of halogens is 1. The lowest BCUT2D eigenvalue weighted by Gasteiger charge is -2.42. The van der Waals surface area contributed by atoms with Gasteiger partial charge < -0.3 is 14.6 Å². The number of nitrogens with zero attached hydrogens (tertiary/aromatic N) is 3.